The highest BCUT2D eigenvalue weighted by Crippen LogP contribution is 2.16. The molecule has 0 amide bonds. The third-order valence-corrected chi connectivity index (χ3v) is 2.37. The van der Waals surface area contributed by atoms with Gasteiger partial charge in [-0.3, -0.25) is 0 Å². The molecule has 0 heterocycles. The van der Waals surface area contributed by atoms with Crippen molar-refractivity contribution in [2.45, 2.75) is 19.0 Å². The van der Waals surface area contributed by atoms with Gasteiger partial charge < -0.3 is 15.2 Å². The highest BCUT2D eigenvalue weighted by molar-refractivity contribution is 5.21. The average Bonchev–Trinajstić information content (AvgIpc) is 2.27. The first-order chi connectivity index (χ1) is 7.69. The maximum absolute atomic E-state index is 13.5. The Balaban J connectivity index is 2.71. The number of rotatable bonds is 6. The molecule has 1 rings (SSSR count). The molecule has 0 bridgehead atoms. The van der Waals surface area contributed by atoms with Gasteiger partial charge in [0.1, 0.15) is 5.82 Å². The summed E-state index contributed by atoms with van der Waals surface area (Å²) in [6.45, 7) is 2.30. The Labute approximate surface area is 95.2 Å². The van der Waals surface area contributed by atoms with Crippen LogP contribution in [-0.2, 0) is 4.74 Å². The van der Waals surface area contributed by atoms with Gasteiger partial charge in [0, 0.05) is 18.7 Å². The number of nitrogens with one attached hydrogen (secondary N) is 1. The summed E-state index contributed by atoms with van der Waals surface area (Å²) in [7, 11) is 1.61. The van der Waals surface area contributed by atoms with E-state index in [1.165, 1.54) is 6.07 Å². The second-order valence-corrected chi connectivity index (χ2v) is 3.78. The molecule has 0 spiro atoms. The largest absolute Gasteiger partial charge is 0.394 e. The molecular formula is C12H18FNO2. The van der Waals surface area contributed by atoms with Gasteiger partial charge in [0.2, 0.25) is 0 Å². The standard InChI is InChI=1S/C12H18FNO2/c1-9(8-16-2)14-12(7-15)10-5-3-4-6-11(10)13/h3-6,9,12,14-15H,7-8H2,1-2H3. The lowest BCUT2D eigenvalue weighted by Gasteiger charge is -2.21. The molecule has 2 atom stereocenters. The van der Waals surface area contributed by atoms with E-state index in [0.717, 1.165) is 0 Å². The van der Waals surface area contributed by atoms with Crippen molar-refractivity contribution in [1.29, 1.82) is 0 Å². The van der Waals surface area contributed by atoms with Gasteiger partial charge in [-0.2, -0.15) is 0 Å². The van der Waals surface area contributed by atoms with Crippen molar-refractivity contribution in [1.82, 2.24) is 5.32 Å². The summed E-state index contributed by atoms with van der Waals surface area (Å²) >= 11 is 0. The molecule has 90 valence electrons. The first-order valence-electron chi connectivity index (χ1n) is 5.29. The first-order valence-corrected chi connectivity index (χ1v) is 5.29. The smallest absolute Gasteiger partial charge is 0.128 e. The fraction of sp³-hybridized carbons (Fsp3) is 0.500. The molecule has 0 fully saturated rings. The summed E-state index contributed by atoms with van der Waals surface area (Å²) in [6.07, 6.45) is 0. The van der Waals surface area contributed by atoms with Crippen LogP contribution in [0.4, 0.5) is 4.39 Å². The molecule has 0 radical (unpaired) electrons. The number of aliphatic hydroxyl groups excluding tert-OH is 1. The average molecular weight is 227 g/mol. The lowest BCUT2D eigenvalue weighted by Crippen LogP contribution is -2.35. The van der Waals surface area contributed by atoms with Crippen LogP contribution in [0.5, 0.6) is 0 Å². The minimum Gasteiger partial charge on any atom is -0.394 e. The Morgan fingerprint density at radius 3 is 2.69 bits per heavy atom. The Hall–Kier alpha value is -0.970. The minimum atomic E-state index is -0.397. The number of benzene rings is 1. The summed E-state index contributed by atoms with van der Waals surface area (Å²) in [4.78, 5) is 0. The van der Waals surface area contributed by atoms with E-state index in [1.807, 2.05) is 6.92 Å². The van der Waals surface area contributed by atoms with Gasteiger partial charge in [-0.25, -0.2) is 4.39 Å². The van der Waals surface area contributed by atoms with E-state index in [2.05, 4.69) is 5.32 Å². The Bertz CT molecular complexity index is 320. The van der Waals surface area contributed by atoms with Crippen LogP contribution in [0, 0.1) is 5.82 Å². The molecule has 0 aromatic heterocycles. The SMILES string of the molecule is COCC(C)NC(CO)c1ccccc1F. The monoisotopic (exact) mass is 227 g/mol. The molecule has 0 aliphatic carbocycles. The Morgan fingerprint density at radius 1 is 1.44 bits per heavy atom. The number of methoxy groups -OCH3 is 1. The molecule has 0 saturated heterocycles. The molecule has 2 N–H and O–H groups in total. The highest BCUT2D eigenvalue weighted by atomic mass is 19.1. The molecule has 1 aromatic rings. The predicted octanol–water partition coefficient (Wildman–Crippen LogP) is 1.48. The van der Waals surface area contributed by atoms with E-state index >= 15 is 0 Å². The van der Waals surface area contributed by atoms with E-state index in [9.17, 15) is 9.50 Å². The summed E-state index contributed by atoms with van der Waals surface area (Å²) < 4.78 is 18.5. The van der Waals surface area contributed by atoms with Gasteiger partial charge in [-0.1, -0.05) is 18.2 Å². The van der Waals surface area contributed by atoms with Crippen LogP contribution in [-0.4, -0.2) is 31.5 Å². The van der Waals surface area contributed by atoms with Crippen LogP contribution in [0.2, 0.25) is 0 Å². The van der Waals surface area contributed by atoms with Crippen LogP contribution >= 0.6 is 0 Å². The molecular weight excluding hydrogens is 209 g/mol. The number of ether oxygens (including phenoxy) is 1. The molecule has 0 aliphatic heterocycles. The lowest BCUT2D eigenvalue weighted by atomic mass is 10.1. The minimum absolute atomic E-state index is 0.0572. The van der Waals surface area contributed by atoms with E-state index in [-0.39, 0.29) is 18.5 Å². The second-order valence-electron chi connectivity index (χ2n) is 3.78. The van der Waals surface area contributed by atoms with Crippen molar-refractivity contribution in [2.75, 3.05) is 20.3 Å². The number of halogens is 1. The third kappa shape index (κ3) is 3.56. The first kappa shape index (κ1) is 13.1. The van der Waals surface area contributed by atoms with Gasteiger partial charge in [0.25, 0.3) is 0 Å². The van der Waals surface area contributed by atoms with Crippen LogP contribution in [0.25, 0.3) is 0 Å². The van der Waals surface area contributed by atoms with E-state index < -0.39 is 6.04 Å². The van der Waals surface area contributed by atoms with Crippen LogP contribution < -0.4 is 5.32 Å². The molecule has 0 aliphatic rings. The van der Waals surface area contributed by atoms with Gasteiger partial charge in [-0.05, 0) is 13.0 Å². The molecule has 2 unspecified atom stereocenters. The highest BCUT2D eigenvalue weighted by Gasteiger charge is 2.16. The molecule has 3 nitrogen and oxygen atoms in total. The van der Waals surface area contributed by atoms with Crippen LogP contribution in [0.3, 0.4) is 0 Å². The number of aliphatic hydroxyl groups is 1. The topological polar surface area (TPSA) is 41.5 Å². The van der Waals surface area contributed by atoms with Gasteiger partial charge in [0.05, 0.1) is 19.3 Å². The second kappa shape index (κ2) is 6.58. The lowest BCUT2D eigenvalue weighted by molar-refractivity contribution is 0.154. The van der Waals surface area contributed by atoms with E-state index in [4.69, 9.17) is 4.74 Å². The van der Waals surface area contributed by atoms with Crippen molar-refractivity contribution >= 4 is 0 Å². The zero-order valence-corrected chi connectivity index (χ0v) is 9.61. The molecule has 0 saturated carbocycles. The van der Waals surface area contributed by atoms with Crippen LogP contribution in [0.15, 0.2) is 24.3 Å². The normalized spacial score (nSPS) is 14.8. The molecule has 1 aromatic carbocycles. The molecule has 16 heavy (non-hydrogen) atoms. The van der Waals surface area contributed by atoms with E-state index in [1.54, 1.807) is 25.3 Å². The Kier molecular flexibility index (Phi) is 5.38. The summed E-state index contributed by atoms with van der Waals surface area (Å²) in [5, 5.41) is 12.4. The van der Waals surface area contributed by atoms with Gasteiger partial charge >= 0.3 is 0 Å². The fourth-order valence-corrected chi connectivity index (χ4v) is 1.64. The zero-order valence-electron chi connectivity index (χ0n) is 9.61. The maximum Gasteiger partial charge on any atom is 0.128 e. The predicted molar refractivity (Wildman–Crippen MR) is 60.7 cm³/mol. The van der Waals surface area contributed by atoms with Crippen molar-refractivity contribution in [3.63, 3.8) is 0 Å². The fourth-order valence-electron chi connectivity index (χ4n) is 1.64. The number of hydrogen-bond donors (Lipinski definition) is 2. The van der Waals surface area contributed by atoms with Crippen molar-refractivity contribution < 1.29 is 14.2 Å². The number of hydrogen-bond acceptors (Lipinski definition) is 3. The van der Waals surface area contributed by atoms with Crippen molar-refractivity contribution in [3.05, 3.63) is 35.6 Å². The van der Waals surface area contributed by atoms with Gasteiger partial charge in [0.15, 0.2) is 0 Å². The summed E-state index contributed by atoms with van der Waals surface area (Å²) in [5.74, 6) is -0.307. The zero-order chi connectivity index (χ0) is 12.0. The van der Waals surface area contributed by atoms with Crippen molar-refractivity contribution in [2.24, 2.45) is 0 Å². The summed E-state index contributed by atoms with van der Waals surface area (Å²) in [6, 6.07) is 6.10. The van der Waals surface area contributed by atoms with Crippen molar-refractivity contribution in [3.8, 4) is 0 Å². The van der Waals surface area contributed by atoms with Crippen LogP contribution in [0.1, 0.15) is 18.5 Å². The summed E-state index contributed by atoms with van der Waals surface area (Å²) in [5.41, 5.74) is 0.480. The van der Waals surface area contributed by atoms with Gasteiger partial charge in [-0.15, -0.1) is 0 Å². The quantitative estimate of drug-likeness (QED) is 0.773. The maximum atomic E-state index is 13.5. The Morgan fingerprint density at radius 2 is 2.12 bits per heavy atom. The van der Waals surface area contributed by atoms with E-state index in [0.29, 0.717) is 12.2 Å². The molecule has 4 heteroatoms. The third-order valence-electron chi connectivity index (χ3n) is 2.37.